The Kier molecular flexibility index (Phi) is 3.40. The molecule has 1 aromatic heterocycles. The Balaban J connectivity index is 2.07. The minimum Gasteiger partial charge on any atom is -0.375 e. The predicted molar refractivity (Wildman–Crippen MR) is 62.4 cm³/mol. The van der Waals surface area contributed by atoms with E-state index in [1.54, 1.807) is 5.38 Å². The van der Waals surface area contributed by atoms with Crippen LogP contribution in [0.2, 0.25) is 0 Å². The summed E-state index contributed by atoms with van der Waals surface area (Å²) in [6.45, 7) is 0. The average Bonchev–Trinajstić information content (AvgIpc) is 2.66. The number of anilines is 1. The molecule has 84 valence electrons. The van der Waals surface area contributed by atoms with E-state index in [0.717, 1.165) is 17.8 Å². The SMILES string of the molecule is Nc1nc(CSc2cc(F)ccc2F)cs1. The van der Waals surface area contributed by atoms with E-state index < -0.39 is 11.6 Å². The summed E-state index contributed by atoms with van der Waals surface area (Å²) in [6, 6.07) is 3.39. The van der Waals surface area contributed by atoms with Gasteiger partial charge >= 0.3 is 0 Å². The number of hydrogen-bond acceptors (Lipinski definition) is 4. The molecule has 0 amide bonds. The van der Waals surface area contributed by atoms with Crippen molar-refractivity contribution in [2.24, 2.45) is 0 Å². The van der Waals surface area contributed by atoms with Crippen molar-refractivity contribution in [1.82, 2.24) is 4.98 Å². The third kappa shape index (κ3) is 2.70. The van der Waals surface area contributed by atoms with Gasteiger partial charge in [0.25, 0.3) is 0 Å². The van der Waals surface area contributed by atoms with E-state index in [1.807, 2.05) is 0 Å². The molecule has 1 aromatic carbocycles. The van der Waals surface area contributed by atoms with Gasteiger partial charge in [0.1, 0.15) is 11.6 Å². The van der Waals surface area contributed by atoms with Crippen LogP contribution < -0.4 is 5.73 Å². The lowest BCUT2D eigenvalue weighted by molar-refractivity contribution is 0.577. The van der Waals surface area contributed by atoms with Crippen LogP contribution >= 0.6 is 23.1 Å². The lowest BCUT2D eigenvalue weighted by atomic mass is 10.3. The van der Waals surface area contributed by atoms with Crippen LogP contribution in [0.3, 0.4) is 0 Å². The maximum atomic E-state index is 13.2. The summed E-state index contributed by atoms with van der Waals surface area (Å²) >= 11 is 2.53. The lowest BCUT2D eigenvalue weighted by Gasteiger charge is -2.01. The predicted octanol–water partition coefficient (Wildman–Crippen LogP) is 3.30. The fourth-order valence-electron chi connectivity index (χ4n) is 1.13. The molecule has 0 saturated carbocycles. The van der Waals surface area contributed by atoms with Crippen LogP contribution in [0, 0.1) is 11.6 Å². The van der Waals surface area contributed by atoms with E-state index in [9.17, 15) is 8.78 Å². The monoisotopic (exact) mass is 258 g/mol. The van der Waals surface area contributed by atoms with Gasteiger partial charge in [-0.25, -0.2) is 13.8 Å². The second-order valence-electron chi connectivity index (χ2n) is 3.04. The second-order valence-corrected chi connectivity index (χ2v) is 4.95. The molecule has 2 N–H and O–H groups in total. The van der Waals surface area contributed by atoms with E-state index in [0.29, 0.717) is 10.9 Å². The molecule has 0 spiro atoms. The van der Waals surface area contributed by atoms with Gasteiger partial charge in [-0.15, -0.1) is 23.1 Å². The number of thiazole rings is 1. The molecule has 0 atom stereocenters. The van der Waals surface area contributed by atoms with Crippen molar-refractivity contribution in [1.29, 1.82) is 0 Å². The first kappa shape index (κ1) is 11.3. The highest BCUT2D eigenvalue weighted by Crippen LogP contribution is 2.27. The molecule has 0 fully saturated rings. The second kappa shape index (κ2) is 4.80. The van der Waals surface area contributed by atoms with Crippen molar-refractivity contribution < 1.29 is 8.78 Å². The molecule has 0 aliphatic carbocycles. The molecule has 2 rings (SSSR count). The Morgan fingerprint density at radius 3 is 2.88 bits per heavy atom. The summed E-state index contributed by atoms with van der Waals surface area (Å²) in [5, 5.41) is 2.29. The third-order valence-electron chi connectivity index (χ3n) is 1.84. The fourth-order valence-corrected chi connectivity index (χ4v) is 2.65. The van der Waals surface area contributed by atoms with Crippen LogP contribution in [-0.2, 0) is 5.75 Å². The summed E-state index contributed by atoms with van der Waals surface area (Å²) in [5.41, 5.74) is 6.24. The summed E-state index contributed by atoms with van der Waals surface area (Å²) in [7, 11) is 0. The van der Waals surface area contributed by atoms with E-state index >= 15 is 0 Å². The van der Waals surface area contributed by atoms with E-state index in [2.05, 4.69) is 4.98 Å². The molecule has 0 bridgehead atoms. The maximum absolute atomic E-state index is 13.2. The highest BCUT2D eigenvalue weighted by Gasteiger charge is 2.06. The van der Waals surface area contributed by atoms with Crippen LogP contribution in [0.25, 0.3) is 0 Å². The molecular formula is C10H8F2N2S2. The molecule has 2 nitrogen and oxygen atoms in total. The van der Waals surface area contributed by atoms with Crippen molar-refractivity contribution in [3.63, 3.8) is 0 Å². The van der Waals surface area contributed by atoms with Crippen molar-refractivity contribution in [2.45, 2.75) is 10.6 Å². The average molecular weight is 258 g/mol. The van der Waals surface area contributed by atoms with Crippen molar-refractivity contribution in [3.05, 3.63) is 40.9 Å². The molecule has 0 aliphatic heterocycles. The number of rotatable bonds is 3. The summed E-state index contributed by atoms with van der Waals surface area (Å²) in [6.07, 6.45) is 0. The van der Waals surface area contributed by atoms with Crippen molar-refractivity contribution >= 4 is 28.2 Å². The Morgan fingerprint density at radius 1 is 1.38 bits per heavy atom. The number of thioether (sulfide) groups is 1. The van der Waals surface area contributed by atoms with Gasteiger partial charge in [0.2, 0.25) is 0 Å². The van der Waals surface area contributed by atoms with Gasteiger partial charge < -0.3 is 5.73 Å². The molecule has 6 heteroatoms. The van der Waals surface area contributed by atoms with Gasteiger partial charge in [0.15, 0.2) is 5.13 Å². The van der Waals surface area contributed by atoms with Gasteiger partial charge in [-0.3, -0.25) is 0 Å². The number of nitrogens with two attached hydrogens (primary N) is 1. The smallest absolute Gasteiger partial charge is 0.180 e. The van der Waals surface area contributed by atoms with Crippen molar-refractivity contribution in [2.75, 3.05) is 5.73 Å². The molecule has 0 radical (unpaired) electrons. The zero-order valence-corrected chi connectivity index (χ0v) is 9.75. The zero-order valence-electron chi connectivity index (χ0n) is 8.11. The molecule has 0 saturated heterocycles. The van der Waals surface area contributed by atoms with Gasteiger partial charge in [0, 0.05) is 16.0 Å². The first-order chi connectivity index (χ1) is 7.65. The summed E-state index contributed by atoms with van der Waals surface area (Å²) in [5.74, 6) is -0.384. The maximum Gasteiger partial charge on any atom is 0.180 e. The van der Waals surface area contributed by atoms with Gasteiger partial charge in [-0.1, -0.05) is 0 Å². The molecule has 1 heterocycles. The highest BCUT2D eigenvalue weighted by atomic mass is 32.2. The first-order valence-electron chi connectivity index (χ1n) is 4.43. The highest BCUT2D eigenvalue weighted by molar-refractivity contribution is 7.98. The standard InChI is InChI=1S/C10H8F2N2S2/c11-6-1-2-8(12)9(3-6)15-4-7-5-16-10(13)14-7/h1-3,5H,4H2,(H2,13,14). The lowest BCUT2D eigenvalue weighted by Crippen LogP contribution is -1.87. The Morgan fingerprint density at radius 2 is 2.19 bits per heavy atom. The topological polar surface area (TPSA) is 38.9 Å². The minimum absolute atomic E-state index is 0.284. The zero-order chi connectivity index (χ0) is 11.5. The number of nitrogens with zero attached hydrogens (tertiary/aromatic N) is 1. The normalized spacial score (nSPS) is 10.6. The summed E-state index contributed by atoms with van der Waals surface area (Å²) < 4.78 is 26.1. The summed E-state index contributed by atoms with van der Waals surface area (Å²) in [4.78, 5) is 4.32. The number of nitrogen functional groups attached to an aromatic ring is 1. The Labute approximate surface area is 99.5 Å². The number of halogens is 2. The van der Waals surface area contributed by atoms with E-state index in [-0.39, 0.29) is 4.90 Å². The van der Waals surface area contributed by atoms with Crippen molar-refractivity contribution in [3.8, 4) is 0 Å². The van der Waals surface area contributed by atoms with Crippen LogP contribution in [0.5, 0.6) is 0 Å². The molecule has 16 heavy (non-hydrogen) atoms. The Bertz CT molecular complexity index is 499. The molecule has 0 unspecified atom stereocenters. The Hall–Kier alpha value is -1.14. The van der Waals surface area contributed by atoms with Gasteiger partial charge in [-0.2, -0.15) is 0 Å². The number of benzene rings is 1. The van der Waals surface area contributed by atoms with Gasteiger partial charge in [-0.05, 0) is 18.2 Å². The van der Waals surface area contributed by atoms with E-state index in [4.69, 9.17) is 5.73 Å². The fraction of sp³-hybridized carbons (Fsp3) is 0.100. The van der Waals surface area contributed by atoms with E-state index in [1.165, 1.54) is 29.2 Å². The molecular weight excluding hydrogens is 250 g/mol. The van der Waals surface area contributed by atoms with Crippen LogP contribution in [-0.4, -0.2) is 4.98 Å². The number of hydrogen-bond donors (Lipinski definition) is 1. The van der Waals surface area contributed by atoms with Crippen LogP contribution in [0.1, 0.15) is 5.69 Å². The number of aromatic nitrogens is 1. The van der Waals surface area contributed by atoms with Crippen LogP contribution in [0.15, 0.2) is 28.5 Å². The molecule has 2 aromatic rings. The third-order valence-corrected chi connectivity index (χ3v) is 3.62. The first-order valence-corrected chi connectivity index (χ1v) is 6.29. The largest absolute Gasteiger partial charge is 0.375 e. The quantitative estimate of drug-likeness (QED) is 0.858. The van der Waals surface area contributed by atoms with Crippen LogP contribution in [0.4, 0.5) is 13.9 Å². The minimum atomic E-state index is -0.443. The van der Waals surface area contributed by atoms with Gasteiger partial charge in [0.05, 0.1) is 5.69 Å². The molecule has 0 aliphatic rings.